The fraction of sp³-hybridized carbons (Fsp3) is 0.304. The van der Waals surface area contributed by atoms with Crippen molar-refractivity contribution < 1.29 is 24.1 Å². The Hall–Kier alpha value is -3.52. The van der Waals surface area contributed by atoms with E-state index >= 15 is 0 Å². The third-order valence-electron chi connectivity index (χ3n) is 4.47. The quantitative estimate of drug-likeness (QED) is 0.446. The number of hydrogen-bond donors (Lipinski definition) is 1. The van der Waals surface area contributed by atoms with Crippen molar-refractivity contribution in [2.75, 3.05) is 20.8 Å². The molecule has 31 heavy (non-hydrogen) atoms. The van der Waals surface area contributed by atoms with Crippen LogP contribution in [0.4, 0.5) is 0 Å². The molecule has 0 bridgehead atoms. The lowest BCUT2D eigenvalue weighted by molar-refractivity contribution is 0.0874. The van der Waals surface area contributed by atoms with Crippen molar-refractivity contribution in [3.05, 3.63) is 72.6 Å². The molecule has 8 heteroatoms. The summed E-state index contributed by atoms with van der Waals surface area (Å²) < 4.78 is 23.5. The van der Waals surface area contributed by atoms with E-state index in [9.17, 15) is 5.11 Å². The Bertz CT molecular complexity index is 972. The number of benzene rings is 2. The Labute approximate surface area is 181 Å². The van der Waals surface area contributed by atoms with Crippen LogP contribution in [-0.4, -0.2) is 47.0 Å². The van der Waals surface area contributed by atoms with Crippen LogP contribution in [0.5, 0.6) is 23.0 Å². The van der Waals surface area contributed by atoms with Gasteiger partial charge in [0.1, 0.15) is 36.5 Å². The molecule has 3 rings (SSSR count). The summed E-state index contributed by atoms with van der Waals surface area (Å²) in [6, 6.07) is 13.0. The van der Waals surface area contributed by atoms with Crippen molar-refractivity contribution in [1.82, 2.24) is 15.0 Å². The highest BCUT2D eigenvalue weighted by Gasteiger charge is 2.12. The predicted octanol–water partition coefficient (Wildman–Crippen LogP) is 3.04. The molecule has 0 aliphatic carbocycles. The van der Waals surface area contributed by atoms with Crippen LogP contribution in [0.2, 0.25) is 0 Å². The van der Waals surface area contributed by atoms with Crippen molar-refractivity contribution in [3.63, 3.8) is 0 Å². The van der Waals surface area contributed by atoms with E-state index in [0.717, 1.165) is 17.7 Å². The molecule has 1 N–H and O–H groups in total. The van der Waals surface area contributed by atoms with Crippen LogP contribution in [0, 0.1) is 0 Å². The summed E-state index contributed by atoms with van der Waals surface area (Å²) in [6.07, 6.45) is 3.54. The zero-order chi connectivity index (χ0) is 22.1. The number of aliphatic hydroxyl groups excluding tert-OH is 1. The lowest BCUT2D eigenvalue weighted by atomic mass is 10.1. The molecule has 8 nitrogen and oxygen atoms in total. The molecule has 0 saturated carbocycles. The van der Waals surface area contributed by atoms with E-state index in [1.54, 1.807) is 25.1 Å². The molecule has 1 unspecified atom stereocenters. The molecule has 2 aromatic carbocycles. The van der Waals surface area contributed by atoms with Gasteiger partial charge in [-0.2, -0.15) is 0 Å². The minimum Gasteiger partial charge on any atom is -0.497 e. The molecule has 1 aromatic heterocycles. The number of methoxy groups -OCH3 is 2. The minimum absolute atomic E-state index is 0.0920. The number of hydrogen-bond acceptors (Lipinski definition) is 7. The number of ether oxygens (including phenoxy) is 4. The van der Waals surface area contributed by atoms with Crippen molar-refractivity contribution in [1.29, 1.82) is 0 Å². The molecule has 0 amide bonds. The van der Waals surface area contributed by atoms with Gasteiger partial charge in [0.25, 0.3) is 0 Å². The first-order valence-corrected chi connectivity index (χ1v) is 9.85. The Morgan fingerprint density at radius 1 is 1.03 bits per heavy atom. The maximum absolute atomic E-state index is 10.3. The van der Waals surface area contributed by atoms with Gasteiger partial charge in [-0.25, -0.2) is 4.68 Å². The normalized spacial score (nSPS) is 11.6. The van der Waals surface area contributed by atoms with Gasteiger partial charge in [0.05, 0.1) is 27.0 Å². The topological polar surface area (TPSA) is 87.9 Å². The van der Waals surface area contributed by atoms with Gasteiger partial charge in [-0.05, 0) is 48.4 Å². The molecular formula is C23H27N3O5. The zero-order valence-corrected chi connectivity index (χ0v) is 17.7. The fourth-order valence-electron chi connectivity index (χ4n) is 2.90. The second-order valence-electron chi connectivity index (χ2n) is 6.84. The highest BCUT2D eigenvalue weighted by Crippen LogP contribution is 2.28. The van der Waals surface area contributed by atoms with Crippen LogP contribution in [0.1, 0.15) is 11.3 Å². The third kappa shape index (κ3) is 6.48. The maximum atomic E-state index is 10.3. The van der Waals surface area contributed by atoms with Crippen LogP contribution in [0.3, 0.4) is 0 Å². The largest absolute Gasteiger partial charge is 0.497 e. The number of aromatic nitrogens is 3. The maximum Gasteiger partial charge on any atom is 0.161 e. The smallest absolute Gasteiger partial charge is 0.161 e. The van der Waals surface area contributed by atoms with E-state index in [2.05, 4.69) is 16.9 Å². The first-order chi connectivity index (χ1) is 15.1. The van der Waals surface area contributed by atoms with Crippen LogP contribution < -0.4 is 18.9 Å². The molecule has 0 spiro atoms. The number of rotatable bonds is 12. The number of aliphatic hydroxyl groups is 1. The van der Waals surface area contributed by atoms with Crippen molar-refractivity contribution >= 4 is 0 Å². The van der Waals surface area contributed by atoms with Gasteiger partial charge in [0.15, 0.2) is 11.5 Å². The number of nitrogens with zero attached hydrogens (tertiary/aromatic N) is 3. The third-order valence-corrected chi connectivity index (χ3v) is 4.47. The summed E-state index contributed by atoms with van der Waals surface area (Å²) in [5.74, 6) is 2.66. The standard InChI is InChI=1S/C23H27N3O5/c1-4-5-17-6-11-22(23(12-17)29-3)31-16-19(27)14-26-13-18(24-25-26)15-30-21-9-7-20(28-2)8-10-21/h4,6-13,19,27H,1,5,14-16H2,2-3H3. The zero-order valence-electron chi connectivity index (χ0n) is 17.7. The molecule has 0 fully saturated rings. The Morgan fingerprint density at radius 2 is 1.81 bits per heavy atom. The van der Waals surface area contributed by atoms with Gasteiger partial charge in [-0.1, -0.05) is 17.4 Å². The van der Waals surface area contributed by atoms with E-state index in [0.29, 0.717) is 22.9 Å². The van der Waals surface area contributed by atoms with E-state index in [4.69, 9.17) is 18.9 Å². The van der Waals surface area contributed by atoms with E-state index in [1.165, 1.54) is 0 Å². The van der Waals surface area contributed by atoms with Crippen LogP contribution in [0.15, 0.2) is 61.3 Å². The fourth-order valence-corrected chi connectivity index (χ4v) is 2.90. The van der Waals surface area contributed by atoms with E-state index < -0.39 is 6.10 Å². The van der Waals surface area contributed by atoms with Gasteiger partial charge in [-0.15, -0.1) is 11.7 Å². The van der Waals surface area contributed by atoms with Crippen molar-refractivity contribution in [3.8, 4) is 23.0 Å². The average Bonchev–Trinajstić information content (AvgIpc) is 3.24. The summed E-state index contributed by atoms with van der Waals surface area (Å²) in [7, 11) is 3.20. The predicted molar refractivity (Wildman–Crippen MR) is 116 cm³/mol. The molecule has 1 heterocycles. The summed E-state index contributed by atoms with van der Waals surface area (Å²) >= 11 is 0. The lowest BCUT2D eigenvalue weighted by Gasteiger charge is -2.15. The van der Waals surface area contributed by atoms with Gasteiger partial charge in [0, 0.05) is 0 Å². The number of allylic oxidation sites excluding steroid dienone is 1. The highest BCUT2D eigenvalue weighted by atomic mass is 16.5. The van der Waals surface area contributed by atoms with Gasteiger partial charge < -0.3 is 24.1 Å². The van der Waals surface area contributed by atoms with Crippen molar-refractivity contribution in [2.24, 2.45) is 0 Å². The van der Waals surface area contributed by atoms with Gasteiger partial charge >= 0.3 is 0 Å². The second-order valence-corrected chi connectivity index (χ2v) is 6.84. The Balaban J connectivity index is 1.48. The molecule has 0 aliphatic heterocycles. The highest BCUT2D eigenvalue weighted by molar-refractivity contribution is 5.43. The Kier molecular flexibility index (Phi) is 7.89. The summed E-state index contributed by atoms with van der Waals surface area (Å²) in [5, 5.41) is 18.4. The van der Waals surface area contributed by atoms with Crippen molar-refractivity contribution in [2.45, 2.75) is 25.7 Å². The first kappa shape index (κ1) is 22.2. The molecular weight excluding hydrogens is 398 g/mol. The average molecular weight is 425 g/mol. The second kappa shape index (κ2) is 11.0. The molecule has 164 valence electrons. The van der Waals surface area contributed by atoms with Gasteiger partial charge in [-0.3, -0.25) is 0 Å². The molecule has 0 saturated heterocycles. The van der Waals surface area contributed by atoms with Gasteiger partial charge in [0.2, 0.25) is 0 Å². The minimum atomic E-state index is -0.769. The van der Waals surface area contributed by atoms with Crippen LogP contribution >= 0.6 is 0 Å². The summed E-state index contributed by atoms with van der Waals surface area (Å²) in [6.45, 7) is 4.34. The summed E-state index contributed by atoms with van der Waals surface area (Å²) in [5.41, 5.74) is 1.73. The summed E-state index contributed by atoms with van der Waals surface area (Å²) in [4.78, 5) is 0. The molecule has 0 aliphatic rings. The molecule has 0 radical (unpaired) electrons. The lowest BCUT2D eigenvalue weighted by Crippen LogP contribution is -2.24. The molecule has 3 aromatic rings. The SMILES string of the molecule is C=CCc1ccc(OCC(O)Cn2cc(COc3ccc(OC)cc3)nn2)c(OC)c1. The van der Waals surface area contributed by atoms with Crippen LogP contribution in [-0.2, 0) is 19.6 Å². The van der Waals surface area contributed by atoms with Crippen LogP contribution in [0.25, 0.3) is 0 Å². The van der Waals surface area contributed by atoms with E-state index in [-0.39, 0.29) is 19.8 Å². The Morgan fingerprint density at radius 3 is 2.52 bits per heavy atom. The molecule has 1 atom stereocenters. The first-order valence-electron chi connectivity index (χ1n) is 9.85. The monoisotopic (exact) mass is 425 g/mol. The van der Waals surface area contributed by atoms with E-state index in [1.807, 2.05) is 48.5 Å².